The van der Waals surface area contributed by atoms with Gasteiger partial charge in [0.1, 0.15) is 0 Å². The number of ketones is 3. The number of fused-ring (bicyclic) bond motifs is 5. The van der Waals surface area contributed by atoms with Gasteiger partial charge in [-0.2, -0.15) is 0 Å². The van der Waals surface area contributed by atoms with Crippen LogP contribution in [-0.4, -0.2) is 57.6 Å². The second-order valence-electron chi connectivity index (χ2n) is 21.9. The molecule has 0 amide bonds. The molecule has 15 rings (SSSR count). The fourth-order valence-corrected chi connectivity index (χ4v) is 11.6. The molecule has 15 aromatic rings. The maximum absolute atomic E-state index is 10.0. The molecule has 0 aliphatic carbocycles. The number of hydrogen-bond acceptors (Lipinski definition) is 13. The van der Waals surface area contributed by atoms with E-state index < -0.39 is 0 Å². The number of allylic oxidation sites excluding steroid dienone is 6. The van der Waals surface area contributed by atoms with Crippen molar-refractivity contribution < 1.29 is 110 Å². The molecule has 3 N–H and O–H groups in total. The molecular formula is C86H72Ir4N5O6S2-3. The number of pyridine rings is 5. The van der Waals surface area contributed by atoms with Crippen LogP contribution in [0.25, 0.3) is 108 Å². The summed E-state index contributed by atoms with van der Waals surface area (Å²) >= 11 is 3.58. The van der Waals surface area contributed by atoms with E-state index >= 15 is 0 Å². The number of para-hydroxylation sites is 2. The molecule has 0 saturated heterocycles. The van der Waals surface area contributed by atoms with Crippen molar-refractivity contribution >= 4 is 92.8 Å². The molecule has 0 aliphatic heterocycles. The Morgan fingerprint density at radius 1 is 0.330 bits per heavy atom. The van der Waals surface area contributed by atoms with Gasteiger partial charge in [-0.25, -0.2) is 0 Å². The average Bonchev–Trinajstić information content (AvgIpc) is 1.81. The quantitative estimate of drug-likeness (QED) is 0.0750. The molecule has 0 fully saturated rings. The minimum Gasteiger partial charge on any atom is -0.512 e. The molecule has 0 saturated carbocycles. The van der Waals surface area contributed by atoms with Crippen LogP contribution < -0.4 is 0 Å². The van der Waals surface area contributed by atoms with E-state index in [2.05, 4.69) is 140 Å². The molecule has 7 heterocycles. The van der Waals surface area contributed by atoms with Crippen molar-refractivity contribution in [3.05, 3.63) is 345 Å². The number of carbonyl (C=O) groups excluding carboxylic acids is 3. The SMILES string of the molecule is CC(=O)C=C(C)O.CC(=O)C=C(C)O.CC(=O)C=C(C)O.[Ir].[Ir].[Ir].[Ir].[c-]1ccccc1-c1ccc2ccccc2n1.[c-]1ccccc1-c1ccc2ccccc2n1.[c-]1ccccc1-c1nccc2ccccc12.c1ccc(-c2cc3ccccc3s2)nc1.c1ccc(-c2cc3ccccc3s2)nc1. The maximum Gasteiger partial charge on any atom is 0.155 e. The normalized spacial score (nSPS) is 10.3. The van der Waals surface area contributed by atoms with Crippen LogP contribution in [0.1, 0.15) is 41.5 Å². The van der Waals surface area contributed by atoms with Crippen molar-refractivity contribution in [1.29, 1.82) is 0 Å². The van der Waals surface area contributed by atoms with E-state index in [-0.39, 0.29) is 115 Å². The van der Waals surface area contributed by atoms with Crippen LogP contribution in [-0.2, 0) is 94.8 Å². The van der Waals surface area contributed by atoms with Crippen molar-refractivity contribution in [1.82, 2.24) is 24.9 Å². The van der Waals surface area contributed by atoms with Gasteiger partial charge >= 0.3 is 0 Å². The molecule has 4 radical (unpaired) electrons. The van der Waals surface area contributed by atoms with Gasteiger partial charge in [0, 0.05) is 127 Å². The first-order chi connectivity index (χ1) is 48.1. The standard InChI is InChI=1S/3C15H10N.2C13H9NS.3C5H8O2.4Ir/c1-2-7-13(8-3-1)15-14-9-5-4-6-12(14)10-11-16-15;2*1-2-6-12(7-3-1)15-11-10-13-8-4-5-9-14(13)16-15;2*1-2-7-12-10(5-1)9-13(15-12)11-6-3-4-8-14-11;3*1-4(6)3-5(2)7;;;;/h1-7,9-11H;2*1-6,8-11H;2*1-9H;3*3,6H,1-2H3;;;;/q3*-1;;;;;;;;;. The number of aromatic nitrogens is 5. The Labute approximate surface area is 663 Å². The van der Waals surface area contributed by atoms with Crippen molar-refractivity contribution in [2.75, 3.05) is 0 Å². The van der Waals surface area contributed by atoms with Gasteiger partial charge in [0.25, 0.3) is 0 Å². The topological polar surface area (TPSA) is 176 Å². The van der Waals surface area contributed by atoms with Gasteiger partial charge in [0.05, 0.1) is 49.5 Å². The smallest absolute Gasteiger partial charge is 0.155 e. The van der Waals surface area contributed by atoms with Gasteiger partial charge in [0.2, 0.25) is 0 Å². The van der Waals surface area contributed by atoms with Gasteiger partial charge in [-0.3, -0.25) is 34.3 Å². The van der Waals surface area contributed by atoms with E-state index in [0.717, 1.165) is 56.2 Å². The van der Waals surface area contributed by atoms with Crippen molar-refractivity contribution in [2.45, 2.75) is 41.5 Å². The average molecular weight is 2100 g/mol. The summed E-state index contributed by atoms with van der Waals surface area (Å²) in [4.78, 5) is 54.9. The summed E-state index contributed by atoms with van der Waals surface area (Å²) in [5.74, 6) is -0.187. The third-order valence-corrected chi connectivity index (χ3v) is 16.0. The predicted octanol–water partition coefficient (Wildman–Crippen LogP) is 22.1. The zero-order valence-corrected chi connectivity index (χ0v) is 68.1. The van der Waals surface area contributed by atoms with E-state index in [9.17, 15) is 14.4 Å². The first-order valence-corrected chi connectivity index (χ1v) is 33.1. The molecule has 8 aromatic carbocycles. The van der Waals surface area contributed by atoms with E-state index in [1.165, 1.54) is 111 Å². The van der Waals surface area contributed by atoms with Crippen molar-refractivity contribution in [2.24, 2.45) is 0 Å². The molecule has 0 unspecified atom stereocenters. The number of nitrogens with zero attached hydrogens (tertiary/aromatic N) is 5. The molecule has 17 heteroatoms. The monoisotopic (exact) mass is 2110 g/mol. The predicted molar refractivity (Wildman–Crippen MR) is 409 cm³/mol. The Kier molecular flexibility index (Phi) is 38.4. The van der Waals surface area contributed by atoms with Crippen LogP contribution in [0.15, 0.2) is 327 Å². The summed E-state index contributed by atoms with van der Waals surface area (Å²) in [6, 6.07) is 101. The number of rotatable bonds is 8. The minimum absolute atomic E-state index is 0. The van der Waals surface area contributed by atoms with Crippen molar-refractivity contribution in [3.8, 4) is 54.9 Å². The Morgan fingerprint density at radius 3 is 1.03 bits per heavy atom. The first kappa shape index (κ1) is 85.8. The molecule has 0 spiro atoms. The summed E-state index contributed by atoms with van der Waals surface area (Å²) in [5, 5.41) is 32.4. The third-order valence-electron chi connectivity index (χ3n) is 13.7. The van der Waals surface area contributed by atoms with Crippen LogP contribution in [0.4, 0.5) is 0 Å². The van der Waals surface area contributed by atoms with Crippen LogP contribution >= 0.6 is 22.7 Å². The molecule has 0 aliphatic rings. The van der Waals surface area contributed by atoms with Crippen molar-refractivity contribution in [3.63, 3.8) is 0 Å². The van der Waals surface area contributed by atoms with Crippen LogP contribution in [0, 0.1) is 18.2 Å². The Morgan fingerprint density at radius 2 is 0.680 bits per heavy atom. The number of aliphatic hydroxyl groups is 3. The first-order valence-electron chi connectivity index (χ1n) is 31.5. The summed E-state index contributed by atoms with van der Waals surface area (Å²) < 4.78 is 2.64. The largest absolute Gasteiger partial charge is 0.512 e. The number of thiophene rings is 2. The zero-order chi connectivity index (χ0) is 70.1. The minimum atomic E-state index is -0.125. The second-order valence-corrected chi connectivity index (χ2v) is 24.1. The van der Waals surface area contributed by atoms with Gasteiger partial charge in [-0.15, -0.1) is 130 Å². The van der Waals surface area contributed by atoms with E-state index in [4.69, 9.17) is 15.3 Å². The van der Waals surface area contributed by atoms with Gasteiger partial charge < -0.3 is 20.3 Å². The van der Waals surface area contributed by atoms with Gasteiger partial charge in [0.15, 0.2) is 17.3 Å². The molecule has 103 heavy (non-hydrogen) atoms. The summed E-state index contributed by atoms with van der Waals surface area (Å²) in [7, 11) is 0. The number of benzene rings is 8. The third kappa shape index (κ3) is 29.0. The zero-order valence-electron chi connectivity index (χ0n) is 56.9. The summed E-state index contributed by atoms with van der Waals surface area (Å²) in [5.41, 5.74) is 10.2. The molecular weight excluding hydrogens is 2030 g/mol. The Bertz CT molecular complexity index is 4780. The fraction of sp³-hybridized carbons (Fsp3) is 0.0698. The van der Waals surface area contributed by atoms with Crippen LogP contribution in [0.2, 0.25) is 0 Å². The van der Waals surface area contributed by atoms with E-state index in [1.54, 1.807) is 22.7 Å². The van der Waals surface area contributed by atoms with E-state index in [1.807, 2.05) is 195 Å². The molecule has 528 valence electrons. The molecule has 7 aromatic heterocycles. The van der Waals surface area contributed by atoms with Gasteiger partial charge in [-0.1, -0.05) is 133 Å². The van der Waals surface area contributed by atoms with E-state index in [0.29, 0.717) is 0 Å². The number of aliphatic hydroxyl groups excluding tert-OH is 3. The van der Waals surface area contributed by atoms with Crippen LogP contribution in [0.3, 0.4) is 0 Å². The van der Waals surface area contributed by atoms with Crippen LogP contribution in [0.5, 0.6) is 0 Å². The van der Waals surface area contributed by atoms with Gasteiger partial charge in [-0.05, 0) is 158 Å². The fourth-order valence-electron chi connectivity index (χ4n) is 9.53. The summed E-state index contributed by atoms with van der Waals surface area (Å²) in [6.45, 7) is 8.54. The summed E-state index contributed by atoms with van der Waals surface area (Å²) in [6.07, 6.45) is 9.01. The Hall–Kier alpha value is -9.56. The Balaban J connectivity index is 0.000000253. The number of carbonyl (C=O) groups is 3. The molecule has 0 atom stereocenters. The second kappa shape index (κ2) is 46.1. The molecule has 11 nitrogen and oxygen atoms in total. The maximum atomic E-state index is 10.0. The molecule has 0 bridgehead atoms. The number of hydrogen-bond donors (Lipinski definition) is 3.